The van der Waals surface area contributed by atoms with Crippen molar-refractivity contribution in [2.24, 2.45) is 5.41 Å². The van der Waals surface area contributed by atoms with Gasteiger partial charge in [0.15, 0.2) is 5.78 Å². The third-order valence-electron chi connectivity index (χ3n) is 2.79. The molecule has 1 aromatic rings. The van der Waals surface area contributed by atoms with E-state index < -0.39 is 0 Å². The van der Waals surface area contributed by atoms with Crippen LogP contribution in [0.15, 0.2) is 30.3 Å². The van der Waals surface area contributed by atoms with Crippen molar-refractivity contribution in [1.29, 1.82) is 0 Å². The van der Waals surface area contributed by atoms with Gasteiger partial charge in [-0.1, -0.05) is 58.0 Å². The van der Waals surface area contributed by atoms with E-state index >= 15 is 0 Å². The Labute approximate surface area is 104 Å². The average Bonchev–Trinajstić information content (AvgIpc) is 2.28. The van der Waals surface area contributed by atoms with Gasteiger partial charge in [0.05, 0.1) is 6.04 Å². The predicted molar refractivity (Wildman–Crippen MR) is 72.1 cm³/mol. The Balaban J connectivity index is 2.77. The van der Waals surface area contributed by atoms with E-state index in [1.54, 1.807) is 0 Å². The standard InChI is InChI=1S/C15H23NO/c1-5-16-13(14(17)15(2,3)4)11-12-9-7-6-8-10-12/h6-10,13,16H,5,11H2,1-4H3. The van der Waals surface area contributed by atoms with Crippen molar-refractivity contribution in [3.05, 3.63) is 35.9 Å². The first-order chi connectivity index (χ1) is 7.95. The summed E-state index contributed by atoms with van der Waals surface area (Å²) >= 11 is 0. The van der Waals surface area contributed by atoms with E-state index in [1.807, 2.05) is 45.9 Å². The summed E-state index contributed by atoms with van der Waals surface area (Å²) in [4.78, 5) is 12.3. The molecule has 0 spiro atoms. The number of Topliss-reactive ketones (excluding diaryl/α,β-unsaturated/α-hetero) is 1. The monoisotopic (exact) mass is 233 g/mol. The van der Waals surface area contributed by atoms with Gasteiger partial charge in [0, 0.05) is 5.41 Å². The van der Waals surface area contributed by atoms with Crippen LogP contribution in [0.3, 0.4) is 0 Å². The Kier molecular flexibility index (Phi) is 4.88. The number of carbonyl (C=O) groups is 1. The number of rotatable bonds is 5. The largest absolute Gasteiger partial charge is 0.307 e. The lowest BCUT2D eigenvalue weighted by atomic mass is 9.84. The van der Waals surface area contributed by atoms with Crippen LogP contribution in [0.1, 0.15) is 33.3 Å². The average molecular weight is 233 g/mol. The minimum atomic E-state index is -0.290. The first kappa shape index (κ1) is 13.9. The summed E-state index contributed by atoms with van der Waals surface area (Å²) in [6.45, 7) is 8.78. The van der Waals surface area contributed by atoms with Crippen molar-refractivity contribution in [3.8, 4) is 0 Å². The molecule has 1 rings (SSSR count). The van der Waals surface area contributed by atoms with E-state index in [0.29, 0.717) is 0 Å². The molecule has 2 nitrogen and oxygen atoms in total. The predicted octanol–water partition coefficient (Wildman–Crippen LogP) is 2.82. The minimum Gasteiger partial charge on any atom is -0.307 e. The lowest BCUT2D eigenvalue weighted by Crippen LogP contribution is -2.44. The van der Waals surface area contributed by atoms with Crippen molar-refractivity contribution in [1.82, 2.24) is 5.32 Å². The molecule has 0 aliphatic carbocycles. The molecule has 0 aliphatic rings. The first-order valence-electron chi connectivity index (χ1n) is 6.26. The number of carbonyl (C=O) groups excluding carboxylic acids is 1. The summed E-state index contributed by atoms with van der Waals surface area (Å²) in [5, 5.41) is 3.29. The first-order valence-corrected chi connectivity index (χ1v) is 6.26. The zero-order valence-electron chi connectivity index (χ0n) is 11.3. The maximum atomic E-state index is 12.3. The highest BCUT2D eigenvalue weighted by atomic mass is 16.1. The summed E-state index contributed by atoms with van der Waals surface area (Å²) in [7, 11) is 0. The van der Waals surface area contributed by atoms with Gasteiger partial charge in [-0.05, 0) is 18.5 Å². The molecule has 17 heavy (non-hydrogen) atoms. The fourth-order valence-corrected chi connectivity index (χ4v) is 1.88. The third-order valence-corrected chi connectivity index (χ3v) is 2.79. The van der Waals surface area contributed by atoms with Gasteiger partial charge in [-0.3, -0.25) is 4.79 Å². The summed E-state index contributed by atoms with van der Waals surface area (Å²) in [6.07, 6.45) is 0.769. The highest BCUT2D eigenvalue weighted by Gasteiger charge is 2.28. The normalized spacial score (nSPS) is 13.4. The lowest BCUT2D eigenvalue weighted by Gasteiger charge is -2.25. The van der Waals surface area contributed by atoms with Crippen molar-refractivity contribution in [2.45, 2.75) is 40.2 Å². The SMILES string of the molecule is CCNC(Cc1ccccc1)C(=O)C(C)(C)C. The van der Waals surface area contributed by atoms with Crippen LogP contribution < -0.4 is 5.32 Å². The zero-order chi connectivity index (χ0) is 12.9. The van der Waals surface area contributed by atoms with E-state index in [1.165, 1.54) is 5.56 Å². The van der Waals surface area contributed by atoms with Gasteiger partial charge < -0.3 is 5.32 Å². The molecule has 94 valence electrons. The van der Waals surface area contributed by atoms with Crippen molar-refractivity contribution < 1.29 is 4.79 Å². The molecule has 1 atom stereocenters. The molecule has 0 saturated heterocycles. The molecule has 0 aliphatic heterocycles. The van der Waals surface area contributed by atoms with Gasteiger partial charge in [0.1, 0.15) is 0 Å². The quantitative estimate of drug-likeness (QED) is 0.847. The second-order valence-corrected chi connectivity index (χ2v) is 5.41. The minimum absolute atomic E-state index is 0.0811. The van der Waals surface area contributed by atoms with Gasteiger partial charge in [-0.2, -0.15) is 0 Å². The molecule has 2 heteroatoms. The van der Waals surface area contributed by atoms with Crippen LogP contribution >= 0.6 is 0 Å². The highest BCUT2D eigenvalue weighted by molar-refractivity contribution is 5.89. The van der Waals surface area contributed by atoms with Gasteiger partial charge in [0.25, 0.3) is 0 Å². The Morgan fingerprint density at radius 1 is 1.24 bits per heavy atom. The maximum Gasteiger partial charge on any atom is 0.155 e. The molecule has 0 heterocycles. The summed E-state index contributed by atoms with van der Waals surface area (Å²) in [5.74, 6) is 0.281. The third kappa shape index (κ3) is 4.31. The lowest BCUT2D eigenvalue weighted by molar-refractivity contribution is -0.128. The number of benzene rings is 1. The van der Waals surface area contributed by atoms with E-state index in [-0.39, 0.29) is 17.2 Å². The van der Waals surface area contributed by atoms with E-state index in [9.17, 15) is 4.79 Å². The number of hydrogen-bond acceptors (Lipinski definition) is 2. The van der Waals surface area contributed by atoms with Crippen molar-refractivity contribution in [3.63, 3.8) is 0 Å². The fraction of sp³-hybridized carbons (Fsp3) is 0.533. The second-order valence-electron chi connectivity index (χ2n) is 5.41. The summed E-state index contributed by atoms with van der Waals surface area (Å²) in [5.41, 5.74) is 0.915. The molecule has 0 fully saturated rings. The van der Waals surface area contributed by atoms with Crippen LogP contribution in [-0.4, -0.2) is 18.4 Å². The van der Waals surface area contributed by atoms with E-state index in [2.05, 4.69) is 17.4 Å². The molecule has 0 radical (unpaired) electrons. The fourth-order valence-electron chi connectivity index (χ4n) is 1.88. The molecule has 0 aromatic heterocycles. The van der Waals surface area contributed by atoms with Gasteiger partial charge in [-0.15, -0.1) is 0 Å². The molecule has 0 saturated carbocycles. The Hall–Kier alpha value is -1.15. The Morgan fingerprint density at radius 3 is 2.29 bits per heavy atom. The van der Waals surface area contributed by atoms with E-state index in [4.69, 9.17) is 0 Å². The molecule has 0 bridgehead atoms. The summed E-state index contributed by atoms with van der Waals surface area (Å²) < 4.78 is 0. The van der Waals surface area contributed by atoms with Gasteiger partial charge in [0.2, 0.25) is 0 Å². The number of hydrogen-bond donors (Lipinski definition) is 1. The van der Waals surface area contributed by atoms with Crippen LogP contribution in [0, 0.1) is 5.41 Å². The molecule has 1 N–H and O–H groups in total. The van der Waals surface area contributed by atoms with Crippen molar-refractivity contribution in [2.75, 3.05) is 6.54 Å². The van der Waals surface area contributed by atoms with Gasteiger partial charge >= 0.3 is 0 Å². The number of nitrogens with one attached hydrogen (secondary N) is 1. The molecule has 1 aromatic carbocycles. The van der Waals surface area contributed by atoms with E-state index in [0.717, 1.165) is 13.0 Å². The maximum absolute atomic E-state index is 12.3. The molecule has 0 amide bonds. The molecular formula is C15H23NO. The Morgan fingerprint density at radius 2 is 1.82 bits per heavy atom. The molecular weight excluding hydrogens is 210 g/mol. The highest BCUT2D eigenvalue weighted by Crippen LogP contribution is 2.18. The van der Waals surface area contributed by atoms with Crippen LogP contribution in [-0.2, 0) is 11.2 Å². The number of likely N-dealkylation sites (N-methyl/N-ethyl adjacent to an activating group) is 1. The Bertz CT molecular complexity index is 351. The topological polar surface area (TPSA) is 29.1 Å². The summed E-state index contributed by atoms with van der Waals surface area (Å²) in [6, 6.07) is 10.1. The van der Waals surface area contributed by atoms with Crippen LogP contribution in [0.4, 0.5) is 0 Å². The van der Waals surface area contributed by atoms with Crippen LogP contribution in [0.5, 0.6) is 0 Å². The van der Waals surface area contributed by atoms with Crippen LogP contribution in [0.25, 0.3) is 0 Å². The van der Waals surface area contributed by atoms with Gasteiger partial charge in [-0.25, -0.2) is 0 Å². The van der Waals surface area contributed by atoms with Crippen LogP contribution in [0.2, 0.25) is 0 Å². The number of ketones is 1. The molecule has 1 unspecified atom stereocenters. The van der Waals surface area contributed by atoms with Crippen molar-refractivity contribution >= 4 is 5.78 Å². The second kappa shape index (κ2) is 5.97. The zero-order valence-corrected chi connectivity index (χ0v) is 11.3. The smallest absolute Gasteiger partial charge is 0.155 e.